The third kappa shape index (κ3) is 4.95. The third-order valence-electron chi connectivity index (χ3n) is 3.76. The van der Waals surface area contributed by atoms with E-state index in [9.17, 15) is 8.42 Å². The molecule has 140 valence electrons. The molecule has 7 heteroatoms. The molecule has 0 aliphatic heterocycles. The SMILES string of the molecule is Cc1cc(S(=O)(=O)Oc2ccc(OCc3ccccc3)cc2)c(Cl)cc1Cl. The van der Waals surface area contributed by atoms with E-state index in [2.05, 4.69) is 0 Å². The number of benzene rings is 3. The van der Waals surface area contributed by atoms with Gasteiger partial charge in [0.1, 0.15) is 23.0 Å². The second-order valence-electron chi connectivity index (χ2n) is 5.81. The van der Waals surface area contributed by atoms with Gasteiger partial charge in [-0.25, -0.2) is 0 Å². The van der Waals surface area contributed by atoms with E-state index in [0.717, 1.165) is 5.56 Å². The average Bonchev–Trinajstić information content (AvgIpc) is 2.64. The van der Waals surface area contributed by atoms with Crippen LogP contribution in [0.15, 0.2) is 71.6 Å². The van der Waals surface area contributed by atoms with Crippen molar-refractivity contribution >= 4 is 33.3 Å². The monoisotopic (exact) mass is 422 g/mol. The predicted molar refractivity (Wildman–Crippen MR) is 106 cm³/mol. The molecular weight excluding hydrogens is 407 g/mol. The largest absolute Gasteiger partial charge is 0.489 e. The van der Waals surface area contributed by atoms with Gasteiger partial charge in [0.15, 0.2) is 0 Å². The van der Waals surface area contributed by atoms with E-state index in [1.165, 1.54) is 24.3 Å². The van der Waals surface area contributed by atoms with Crippen molar-refractivity contribution in [3.8, 4) is 11.5 Å². The molecule has 0 saturated carbocycles. The van der Waals surface area contributed by atoms with Crippen molar-refractivity contribution in [3.05, 3.63) is 87.9 Å². The van der Waals surface area contributed by atoms with Gasteiger partial charge in [-0.3, -0.25) is 0 Å². The molecule has 0 atom stereocenters. The lowest BCUT2D eigenvalue weighted by molar-refractivity contribution is 0.306. The van der Waals surface area contributed by atoms with Gasteiger partial charge in [-0.15, -0.1) is 0 Å². The molecule has 0 spiro atoms. The first kappa shape index (κ1) is 19.5. The summed E-state index contributed by atoms with van der Waals surface area (Å²) >= 11 is 12.0. The molecular formula is C20H16Cl2O4S. The minimum atomic E-state index is -4.08. The normalized spacial score (nSPS) is 11.2. The van der Waals surface area contributed by atoms with Gasteiger partial charge >= 0.3 is 10.1 Å². The summed E-state index contributed by atoms with van der Waals surface area (Å²) in [6.07, 6.45) is 0. The average molecular weight is 423 g/mol. The first-order valence-electron chi connectivity index (χ1n) is 8.02. The molecule has 0 heterocycles. The Morgan fingerprint density at radius 1 is 0.852 bits per heavy atom. The Morgan fingerprint density at radius 2 is 1.48 bits per heavy atom. The summed E-state index contributed by atoms with van der Waals surface area (Å²) < 4.78 is 35.8. The minimum absolute atomic E-state index is 0.00779. The summed E-state index contributed by atoms with van der Waals surface area (Å²) in [5.74, 6) is 0.759. The van der Waals surface area contributed by atoms with Crippen molar-refractivity contribution in [2.45, 2.75) is 18.4 Å². The molecule has 27 heavy (non-hydrogen) atoms. The number of hydrogen-bond donors (Lipinski definition) is 0. The van der Waals surface area contributed by atoms with Gasteiger partial charge < -0.3 is 8.92 Å². The Morgan fingerprint density at radius 3 is 2.15 bits per heavy atom. The number of ether oxygens (including phenoxy) is 1. The molecule has 0 aliphatic carbocycles. The van der Waals surface area contributed by atoms with Crippen LogP contribution in [0.1, 0.15) is 11.1 Å². The molecule has 3 aromatic carbocycles. The van der Waals surface area contributed by atoms with Crippen molar-refractivity contribution < 1.29 is 17.3 Å². The van der Waals surface area contributed by atoms with E-state index in [0.29, 0.717) is 22.9 Å². The highest BCUT2D eigenvalue weighted by molar-refractivity contribution is 7.87. The molecule has 0 amide bonds. The number of halogens is 2. The van der Waals surface area contributed by atoms with Crippen LogP contribution in [0.25, 0.3) is 0 Å². The van der Waals surface area contributed by atoms with Crippen LogP contribution < -0.4 is 8.92 Å². The zero-order valence-corrected chi connectivity index (χ0v) is 16.7. The highest BCUT2D eigenvalue weighted by atomic mass is 35.5. The van der Waals surface area contributed by atoms with Crippen LogP contribution in [0.3, 0.4) is 0 Å². The van der Waals surface area contributed by atoms with E-state index in [1.54, 1.807) is 19.1 Å². The van der Waals surface area contributed by atoms with Crippen LogP contribution in [-0.4, -0.2) is 8.42 Å². The van der Waals surface area contributed by atoms with Crippen LogP contribution in [0.5, 0.6) is 11.5 Å². The summed E-state index contributed by atoms with van der Waals surface area (Å²) in [6.45, 7) is 2.11. The maximum Gasteiger partial charge on any atom is 0.340 e. The lowest BCUT2D eigenvalue weighted by Gasteiger charge is -2.11. The molecule has 0 bridgehead atoms. The fraction of sp³-hybridized carbons (Fsp3) is 0.100. The molecule has 3 rings (SSSR count). The fourth-order valence-electron chi connectivity index (χ4n) is 2.33. The minimum Gasteiger partial charge on any atom is -0.489 e. The van der Waals surface area contributed by atoms with Crippen molar-refractivity contribution in [2.24, 2.45) is 0 Å². The van der Waals surface area contributed by atoms with Crippen molar-refractivity contribution in [2.75, 3.05) is 0 Å². The summed E-state index contributed by atoms with van der Waals surface area (Å²) in [5.41, 5.74) is 1.63. The zero-order chi connectivity index (χ0) is 19.4. The van der Waals surface area contributed by atoms with Gasteiger partial charge in [0, 0.05) is 5.02 Å². The Bertz CT molecular complexity index is 1030. The van der Waals surface area contributed by atoms with Crippen LogP contribution in [0.4, 0.5) is 0 Å². The van der Waals surface area contributed by atoms with Crippen molar-refractivity contribution in [1.29, 1.82) is 0 Å². The Labute approximate surface area is 168 Å². The molecule has 0 aliphatic rings. The Balaban J connectivity index is 1.71. The maximum absolute atomic E-state index is 12.5. The number of rotatable bonds is 6. The molecule has 3 aromatic rings. The van der Waals surface area contributed by atoms with Gasteiger partial charge in [-0.1, -0.05) is 53.5 Å². The van der Waals surface area contributed by atoms with Gasteiger partial charge in [-0.05, 0) is 54.4 Å². The molecule has 0 radical (unpaired) electrons. The van der Waals surface area contributed by atoms with E-state index >= 15 is 0 Å². The second-order valence-corrected chi connectivity index (χ2v) is 8.14. The van der Waals surface area contributed by atoms with Crippen LogP contribution in [-0.2, 0) is 16.7 Å². The maximum atomic E-state index is 12.5. The highest BCUT2D eigenvalue weighted by Gasteiger charge is 2.21. The quantitative estimate of drug-likeness (QED) is 0.481. The van der Waals surface area contributed by atoms with Gasteiger partial charge in [0.2, 0.25) is 0 Å². The topological polar surface area (TPSA) is 52.6 Å². The van der Waals surface area contributed by atoms with Crippen molar-refractivity contribution in [3.63, 3.8) is 0 Å². The zero-order valence-electron chi connectivity index (χ0n) is 14.4. The van der Waals surface area contributed by atoms with E-state index < -0.39 is 10.1 Å². The van der Waals surface area contributed by atoms with Gasteiger partial charge in [0.05, 0.1) is 5.02 Å². The van der Waals surface area contributed by atoms with E-state index in [-0.39, 0.29) is 15.7 Å². The first-order chi connectivity index (χ1) is 12.8. The molecule has 0 fully saturated rings. The summed E-state index contributed by atoms with van der Waals surface area (Å²) in [5, 5.41) is 0.396. The Kier molecular flexibility index (Phi) is 5.95. The Hall–Kier alpha value is -2.21. The van der Waals surface area contributed by atoms with Crippen LogP contribution >= 0.6 is 23.2 Å². The molecule has 0 N–H and O–H groups in total. The summed E-state index contributed by atoms with van der Waals surface area (Å²) in [6, 6.07) is 18.8. The molecule has 0 aromatic heterocycles. The number of aryl methyl sites for hydroxylation is 1. The molecule has 4 nitrogen and oxygen atoms in total. The van der Waals surface area contributed by atoms with Crippen LogP contribution in [0.2, 0.25) is 10.0 Å². The second kappa shape index (κ2) is 8.21. The number of hydrogen-bond acceptors (Lipinski definition) is 4. The smallest absolute Gasteiger partial charge is 0.340 e. The first-order valence-corrected chi connectivity index (χ1v) is 10.2. The van der Waals surface area contributed by atoms with E-state index in [4.69, 9.17) is 32.1 Å². The molecule has 0 unspecified atom stereocenters. The highest BCUT2D eigenvalue weighted by Crippen LogP contribution is 2.30. The lowest BCUT2D eigenvalue weighted by atomic mass is 10.2. The fourth-order valence-corrected chi connectivity index (χ4v) is 4.07. The van der Waals surface area contributed by atoms with Gasteiger partial charge in [0.25, 0.3) is 0 Å². The standard InChI is InChI=1S/C20H16Cl2O4S/c1-14-11-20(19(22)12-18(14)21)27(23,24)26-17-9-7-16(8-10-17)25-13-15-5-3-2-4-6-15/h2-12H,13H2,1H3. The summed E-state index contributed by atoms with van der Waals surface area (Å²) in [4.78, 5) is -0.129. The van der Waals surface area contributed by atoms with Crippen molar-refractivity contribution in [1.82, 2.24) is 0 Å². The van der Waals surface area contributed by atoms with Crippen LogP contribution in [0, 0.1) is 6.92 Å². The lowest BCUT2D eigenvalue weighted by Crippen LogP contribution is -2.10. The summed E-state index contributed by atoms with van der Waals surface area (Å²) in [7, 11) is -4.08. The van der Waals surface area contributed by atoms with E-state index in [1.807, 2.05) is 30.3 Å². The van der Waals surface area contributed by atoms with Gasteiger partial charge in [-0.2, -0.15) is 8.42 Å². The predicted octanol–water partition coefficient (Wildman–Crippen LogP) is 5.65. The molecule has 0 saturated heterocycles. The third-order valence-corrected chi connectivity index (χ3v) is 5.88.